The fraction of sp³-hybridized carbons (Fsp3) is 0.619. The van der Waals surface area contributed by atoms with Crippen molar-refractivity contribution in [3.05, 3.63) is 35.9 Å². The van der Waals surface area contributed by atoms with E-state index < -0.39 is 23.7 Å². The lowest BCUT2D eigenvalue weighted by Gasteiger charge is -2.24. The first-order valence-corrected chi connectivity index (χ1v) is 9.52. The van der Waals surface area contributed by atoms with E-state index in [2.05, 4.69) is 12.2 Å². The number of rotatable bonds is 10. The van der Waals surface area contributed by atoms with Gasteiger partial charge < -0.3 is 14.8 Å². The van der Waals surface area contributed by atoms with Crippen molar-refractivity contribution in [1.29, 1.82) is 0 Å². The summed E-state index contributed by atoms with van der Waals surface area (Å²) >= 11 is 0. The number of esters is 1. The molecule has 0 unspecified atom stereocenters. The summed E-state index contributed by atoms with van der Waals surface area (Å²) in [7, 11) is 0. The smallest absolute Gasteiger partial charge is 0.408 e. The number of amides is 1. The number of carbonyl (C=O) groups is 2. The SMILES string of the molecule is CCCCCCC[C@H](NC(=O)OCc1ccccc1)C(=O)OC(C)(C)C. The molecule has 0 aliphatic heterocycles. The second kappa shape index (κ2) is 11.6. The first kappa shape index (κ1) is 22.0. The average molecular weight is 363 g/mol. The zero-order valence-corrected chi connectivity index (χ0v) is 16.5. The topological polar surface area (TPSA) is 64.6 Å². The van der Waals surface area contributed by atoms with Crippen LogP contribution in [-0.2, 0) is 20.9 Å². The first-order valence-electron chi connectivity index (χ1n) is 9.52. The Morgan fingerprint density at radius 2 is 1.69 bits per heavy atom. The molecule has 1 rings (SSSR count). The highest BCUT2D eigenvalue weighted by Crippen LogP contribution is 2.13. The van der Waals surface area contributed by atoms with Crippen LogP contribution in [0.2, 0.25) is 0 Å². The van der Waals surface area contributed by atoms with Gasteiger partial charge in [0.05, 0.1) is 0 Å². The molecule has 0 heterocycles. The highest BCUT2D eigenvalue weighted by atomic mass is 16.6. The molecule has 1 amide bonds. The van der Waals surface area contributed by atoms with Gasteiger partial charge in [-0.2, -0.15) is 0 Å². The summed E-state index contributed by atoms with van der Waals surface area (Å²) in [5.74, 6) is -0.412. The van der Waals surface area contributed by atoms with Gasteiger partial charge in [0.1, 0.15) is 18.2 Å². The molecule has 146 valence electrons. The van der Waals surface area contributed by atoms with Gasteiger partial charge in [0, 0.05) is 0 Å². The average Bonchev–Trinajstić information content (AvgIpc) is 2.58. The molecule has 26 heavy (non-hydrogen) atoms. The number of ether oxygens (including phenoxy) is 2. The minimum Gasteiger partial charge on any atom is -0.458 e. The van der Waals surface area contributed by atoms with Crippen molar-refractivity contribution >= 4 is 12.1 Å². The van der Waals surface area contributed by atoms with Gasteiger partial charge in [0.2, 0.25) is 0 Å². The molecule has 0 radical (unpaired) electrons. The minimum absolute atomic E-state index is 0.171. The zero-order valence-electron chi connectivity index (χ0n) is 16.5. The van der Waals surface area contributed by atoms with Gasteiger partial charge in [-0.15, -0.1) is 0 Å². The summed E-state index contributed by atoms with van der Waals surface area (Å²) < 4.78 is 10.7. The van der Waals surface area contributed by atoms with Crippen LogP contribution in [0.5, 0.6) is 0 Å². The molecule has 1 aromatic carbocycles. The van der Waals surface area contributed by atoms with Crippen LogP contribution in [0.4, 0.5) is 4.79 Å². The Morgan fingerprint density at radius 3 is 2.31 bits per heavy atom. The Labute approximate surface area is 157 Å². The van der Waals surface area contributed by atoms with Gasteiger partial charge in [-0.25, -0.2) is 9.59 Å². The highest BCUT2D eigenvalue weighted by molar-refractivity contribution is 5.81. The first-order chi connectivity index (χ1) is 12.3. The zero-order chi connectivity index (χ0) is 19.4. The van der Waals surface area contributed by atoms with Gasteiger partial charge in [-0.1, -0.05) is 69.4 Å². The van der Waals surface area contributed by atoms with Gasteiger partial charge in [0.15, 0.2) is 0 Å². The lowest BCUT2D eigenvalue weighted by atomic mass is 10.1. The molecule has 1 aromatic rings. The fourth-order valence-electron chi connectivity index (χ4n) is 2.48. The Morgan fingerprint density at radius 1 is 1.04 bits per heavy atom. The van der Waals surface area contributed by atoms with E-state index in [4.69, 9.17) is 9.47 Å². The van der Waals surface area contributed by atoms with Gasteiger partial charge in [-0.3, -0.25) is 0 Å². The maximum atomic E-state index is 12.4. The Bertz CT molecular complexity index is 537. The molecule has 1 atom stereocenters. The fourth-order valence-corrected chi connectivity index (χ4v) is 2.48. The van der Waals surface area contributed by atoms with E-state index >= 15 is 0 Å². The number of unbranched alkanes of at least 4 members (excludes halogenated alkanes) is 4. The van der Waals surface area contributed by atoms with Crippen molar-refractivity contribution < 1.29 is 19.1 Å². The van der Waals surface area contributed by atoms with Crippen molar-refractivity contribution in [2.75, 3.05) is 0 Å². The second-order valence-electron chi connectivity index (χ2n) is 7.50. The van der Waals surface area contributed by atoms with Crippen LogP contribution >= 0.6 is 0 Å². The highest BCUT2D eigenvalue weighted by Gasteiger charge is 2.26. The predicted molar refractivity (Wildman–Crippen MR) is 103 cm³/mol. The quantitative estimate of drug-likeness (QED) is 0.470. The van der Waals surface area contributed by atoms with E-state index in [0.717, 1.165) is 24.8 Å². The summed E-state index contributed by atoms with van der Waals surface area (Å²) in [6, 6.07) is 8.76. The van der Waals surface area contributed by atoms with Crippen molar-refractivity contribution in [3.63, 3.8) is 0 Å². The summed E-state index contributed by atoms with van der Waals surface area (Å²) in [4.78, 5) is 24.5. The molecular formula is C21H33NO4. The van der Waals surface area contributed by atoms with Crippen LogP contribution in [0.15, 0.2) is 30.3 Å². The molecule has 0 bridgehead atoms. The molecule has 0 spiro atoms. The van der Waals surface area contributed by atoms with E-state index in [1.165, 1.54) is 12.8 Å². The van der Waals surface area contributed by atoms with Crippen LogP contribution in [0.3, 0.4) is 0 Å². The monoisotopic (exact) mass is 363 g/mol. The number of hydrogen-bond acceptors (Lipinski definition) is 4. The largest absolute Gasteiger partial charge is 0.458 e. The number of nitrogens with one attached hydrogen (secondary N) is 1. The van der Waals surface area contributed by atoms with Gasteiger partial charge >= 0.3 is 12.1 Å². The summed E-state index contributed by atoms with van der Waals surface area (Å²) in [6.07, 6.45) is 5.34. The lowest BCUT2D eigenvalue weighted by Crippen LogP contribution is -2.44. The number of hydrogen-bond donors (Lipinski definition) is 1. The van der Waals surface area contributed by atoms with Crippen LogP contribution < -0.4 is 5.32 Å². The lowest BCUT2D eigenvalue weighted by molar-refractivity contribution is -0.157. The molecule has 0 aliphatic carbocycles. The van der Waals surface area contributed by atoms with E-state index in [1.54, 1.807) is 0 Å². The van der Waals surface area contributed by atoms with E-state index in [0.29, 0.717) is 6.42 Å². The third-order valence-electron chi connectivity index (χ3n) is 3.79. The number of benzene rings is 1. The third kappa shape index (κ3) is 10.1. The Balaban J connectivity index is 2.53. The van der Waals surface area contributed by atoms with Crippen molar-refractivity contribution in [2.45, 2.75) is 84.5 Å². The summed E-state index contributed by atoms with van der Waals surface area (Å²) in [5.41, 5.74) is 0.309. The molecule has 0 saturated heterocycles. The molecule has 5 heteroatoms. The Hall–Kier alpha value is -2.04. The maximum absolute atomic E-state index is 12.4. The third-order valence-corrected chi connectivity index (χ3v) is 3.79. The molecule has 0 fully saturated rings. The Kier molecular flexibility index (Phi) is 9.78. The molecule has 0 aliphatic rings. The van der Waals surface area contributed by atoms with Crippen molar-refractivity contribution in [3.8, 4) is 0 Å². The maximum Gasteiger partial charge on any atom is 0.408 e. The van der Waals surface area contributed by atoms with Crippen molar-refractivity contribution in [2.24, 2.45) is 0 Å². The molecule has 5 nitrogen and oxygen atoms in total. The van der Waals surface area contributed by atoms with Crippen LogP contribution in [0.1, 0.15) is 71.8 Å². The molecular weight excluding hydrogens is 330 g/mol. The molecule has 0 aromatic heterocycles. The number of carbonyl (C=O) groups excluding carboxylic acids is 2. The van der Waals surface area contributed by atoms with Crippen LogP contribution in [-0.4, -0.2) is 23.7 Å². The molecule has 1 N–H and O–H groups in total. The summed E-state index contributed by atoms with van der Waals surface area (Å²) in [5, 5.41) is 2.66. The van der Waals surface area contributed by atoms with Crippen LogP contribution in [0, 0.1) is 0 Å². The predicted octanol–water partition coefficient (Wildman–Crippen LogP) is 4.98. The van der Waals surface area contributed by atoms with Gasteiger partial charge in [-0.05, 0) is 32.8 Å². The standard InChI is InChI=1S/C21H33NO4/c1-5-6-7-8-12-15-18(19(23)26-21(2,3)4)22-20(24)25-16-17-13-10-9-11-14-17/h9-11,13-14,18H,5-8,12,15-16H2,1-4H3,(H,22,24)/t18-/m0/s1. The van der Waals surface area contributed by atoms with Gasteiger partial charge in [0.25, 0.3) is 0 Å². The van der Waals surface area contributed by atoms with Crippen molar-refractivity contribution in [1.82, 2.24) is 5.32 Å². The van der Waals surface area contributed by atoms with E-state index in [-0.39, 0.29) is 6.61 Å². The van der Waals surface area contributed by atoms with E-state index in [9.17, 15) is 9.59 Å². The second-order valence-corrected chi connectivity index (χ2v) is 7.50. The van der Waals surface area contributed by atoms with E-state index in [1.807, 2.05) is 51.1 Å². The molecule has 0 saturated carbocycles. The van der Waals surface area contributed by atoms with Crippen LogP contribution in [0.25, 0.3) is 0 Å². The normalized spacial score (nSPS) is 12.3. The number of alkyl carbamates (subject to hydrolysis) is 1. The summed E-state index contributed by atoms with van der Waals surface area (Å²) in [6.45, 7) is 7.78. The minimum atomic E-state index is -0.681.